The average Bonchev–Trinajstić information content (AvgIpc) is 3.43. The molecule has 5 aliphatic rings. The van der Waals surface area contributed by atoms with E-state index in [2.05, 4.69) is 54.2 Å². The Morgan fingerprint density at radius 2 is 1.61 bits per heavy atom. The molecule has 3 aromatic rings. The molecule has 8 rings (SSSR count). The van der Waals surface area contributed by atoms with Crippen molar-refractivity contribution in [1.82, 2.24) is 15.5 Å². The highest BCUT2D eigenvalue weighted by Crippen LogP contribution is 2.55. The Kier molecular flexibility index (Phi) is 9.79. The van der Waals surface area contributed by atoms with Crippen molar-refractivity contribution in [1.29, 1.82) is 5.26 Å². The van der Waals surface area contributed by atoms with Gasteiger partial charge in [0, 0.05) is 66.8 Å². The molecule has 4 fully saturated rings. The van der Waals surface area contributed by atoms with Crippen LogP contribution in [-0.4, -0.2) is 78.8 Å². The van der Waals surface area contributed by atoms with Gasteiger partial charge >= 0.3 is 0 Å². The molecule has 296 valence electrons. The minimum Gasteiger partial charge on any atom is -0.489 e. The van der Waals surface area contributed by atoms with Crippen molar-refractivity contribution in [2.24, 2.45) is 22.7 Å². The molecule has 3 saturated heterocycles. The van der Waals surface area contributed by atoms with Crippen molar-refractivity contribution in [3.8, 4) is 11.8 Å². The van der Waals surface area contributed by atoms with Gasteiger partial charge < -0.3 is 19.9 Å². The molecule has 4 heterocycles. The van der Waals surface area contributed by atoms with Crippen LogP contribution in [0, 0.1) is 34.0 Å². The summed E-state index contributed by atoms with van der Waals surface area (Å²) in [6.07, 6.45) is 3.26. The topological polar surface area (TPSA) is 152 Å². The number of anilines is 2. The van der Waals surface area contributed by atoms with Crippen molar-refractivity contribution in [2.75, 3.05) is 36.0 Å². The van der Waals surface area contributed by atoms with Gasteiger partial charge in [-0.3, -0.25) is 34.2 Å². The second-order valence-corrected chi connectivity index (χ2v) is 17.8. The summed E-state index contributed by atoms with van der Waals surface area (Å²) in [5, 5.41) is 15.1. The summed E-state index contributed by atoms with van der Waals surface area (Å²) < 4.78 is 6.38. The number of benzene rings is 3. The van der Waals surface area contributed by atoms with Crippen molar-refractivity contribution in [3.05, 3.63) is 87.9 Å². The molecule has 1 atom stereocenters. The van der Waals surface area contributed by atoms with E-state index in [0.29, 0.717) is 44.9 Å². The van der Waals surface area contributed by atoms with Gasteiger partial charge in [0.15, 0.2) is 0 Å². The predicted octanol–water partition coefficient (Wildman–Crippen LogP) is 5.97. The van der Waals surface area contributed by atoms with Crippen LogP contribution in [0.1, 0.15) is 96.4 Å². The van der Waals surface area contributed by atoms with E-state index >= 15 is 0 Å². The molecule has 3 aromatic carbocycles. The Morgan fingerprint density at radius 1 is 0.912 bits per heavy atom. The van der Waals surface area contributed by atoms with E-state index in [4.69, 9.17) is 16.3 Å². The largest absolute Gasteiger partial charge is 0.489 e. The maximum absolute atomic E-state index is 13.6. The number of rotatable bonds is 9. The molecule has 12 nitrogen and oxygen atoms in total. The van der Waals surface area contributed by atoms with Gasteiger partial charge in [0.1, 0.15) is 24.0 Å². The van der Waals surface area contributed by atoms with Gasteiger partial charge in [-0.15, -0.1) is 0 Å². The molecule has 0 aromatic heterocycles. The summed E-state index contributed by atoms with van der Waals surface area (Å²) in [4.78, 5) is 70.1. The van der Waals surface area contributed by atoms with E-state index in [1.807, 2.05) is 30.3 Å². The lowest BCUT2D eigenvalue weighted by molar-refractivity contribution is -0.164. The molecular formula is C44H47ClN6O6. The van der Waals surface area contributed by atoms with Gasteiger partial charge in [0.05, 0.1) is 27.4 Å². The number of hydrogen-bond acceptors (Lipinski definition) is 9. The second kappa shape index (κ2) is 14.5. The summed E-state index contributed by atoms with van der Waals surface area (Å²) in [5.74, 6) is -0.412. The zero-order valence-corrected chi connectivity index (χ0v) is 33.4. The number of nitriles is 1. The first-order valence-corrected chi connectivity index (χ1v) is 20.2. The molecule has 57 heavy (non-hydrogen) atoms. The standard InChI is InChI=1S/C44H47ClN6O6/c1-43(2)41(44(3,4)42(43)57-30-13-10-28(22-46)32(45)21-30)48-37(53)27-8-11-29(12-9-27)49-18-16-25(17-19-49)20-26-23-50(24-26)33-7-5-6-31-36(33)40(56)51(39(31)55)34-14-15-35(52)47-38(34)54/h5-13,21,25-26,34,41-42H,14-20,23-24H2,1-4H3,(H,48,53)(H,47,52,54). The van der Waals surface area contributed by atoms with Crippen molar-refractivity contribution >= 4 is 52.5 Å². The Labute approximate surface area is 337 Å². The van der Waals surface area contributed by atoms with E-state index in [1.165, 1.54) is 0 Å². The number of carbonyl (C=O) groups is 5. The van der Waals surface area contributed by atoms with Gasteiger partial charge in [-0.25, -0.2) is 0 Å². The van der Waals surface area contributed by atoms with E-state index in [0.717, 1.165) is 61.7 Å². The van der Waals surface area contributed by atoms with Crippen LogP contribution < -0.4 is 25.2 Å². The summed E-state index contributed by atoms with van der Waals surface area (Å²) in [6, 6.07) is 19.2. The number of ether oxygens (including phenoxy) is 1. The van der Waals surface area contributed by atoms with Gasteiger partial charge in [0.2, 0.25) is 11.8 Å². The fourth-order valence-electron chi connectivity index (χ4n) is 10.2. The number of imide groups is 2. The third-order valence-corrected chi connectivity index (χ3v) is 13.3. The van der Waals surface area contributed by atoms with Gasteiger partial charge in [-0.05, 0) is 86.1 Å². The number of fused-ring (bicyclic) bond motifs is 1. The minimum absolute atomic E-state index is 0.0889. The second-order valence-electron chi connectivity index (χ2n) is 17.4. The zero-order chi connectivity index (χ0) is 40.4. The fourth-order valence-corrected chi connectivity index (χ4v) is 10.4. The van der Waals surface area contributed by atoms with Crippen LogP contribution >= 0.6 is 11.6 Å². The molecule has 13 heteroatoms. The van der Waals surface area contributed by atoms with Crippen LogP contribution in [0.5, 0.6) is 5.75 Å². The quantitative estimate of drug-likeness (QED) is 0.250. The molecule has 5 amide bonds. The van der Waals surface area contributed by atoms with E-state index in [-0.39, 0.29) is 41.7 Å². The first kappa shape index (κ1) is 38.5. The third-order valence-electron chi connectivity index (χ3n) is 12.9. The number of carbonyl (C=O) groups excluding carboxylic acids is 5. The van der Waals surface area contributed by atoms with Gasteiger partial charge in [-0.2, -0.15) is 5.26 Å². The molecule has 4 aliphatic heterocycles. The Morgan fingerprint density at radius 3 is 2.26 bits per heavy atom. The van der Waals surface area contributed by atoms with Gasteiger partial charge in [0.25, 0.3) is 17.7 Å². The predicted molar refractivity (Wildman–Crippen MR) is 214 cm³/mol. The number of hydrogen-bond donors (Lipinski definition) is 2. The first-order chi connectivity index (χ1) is 27.2. The zero-order valence-electron chi connectivity index (χ0n) is 32.6. The number of nitrogens with one attached hydrogen (secondary N) is 2. The van der Waals surface area contributed by atoms with E-state index < -0.39 is 29.7 Å². The molecule has 1 saturated carbocycles. The lowest BCUT2D eigenvalue weighted by atomic mass is 9.49. The van der Waals surface area contributed by atoms with Crippen molar-refractivity contribution in [3.63, 3.8) is 0 Å². The van der Waals surface area contributed by atoms with Crippen molar-refractivity contribution < 1.29 is 28.7 Å². The smallest absolute Gasteiger partial charge is 0.264 e. The molecule has 0 spiro atoms. The van der Waals surface area contributed by atoms with Gasteiger partial charge in [-0.1, -0.05) is 45.4 Å². The Balaban J connectivity index is 0.810. The number of halogens is 1. The normalized spacial score (nSPS) is 24.3. The van der Waals surface area contributed by atoms with Crippen LogP contribution in [0.3, 0.4) is 0 Å². The van der Waals surface area contributed by atoms with Crippen LogP contribution in [0.25, 0.3) is 0 Å². The molecule has 1 unspecified atom stereocenters. The summed E-state index contributed by atoms with van der Waals surface area (Å²) in [5.41, 5.74) is 2.78. The number of piperidine rings is 2. The minimum atomic E-state index is -0.980. The van der Waals surface area contributed by atoms with Crippen LogP contribution in [0.4, 0.5) is 11.4 Å². The molecular weight excluding hydrogens is 744 g/mol. The Hall–Kier alpha value is -5.41. The maximum Gasteiger partial charge on any atom is 0.264 e. The SMILES string of the molecule is CC1(C)C(NC(=O)c2ccc(N3CCC(CC4CN(c5cccc6c5C(=O)N(C5CCC(=O)NC5=O)C6=O)C4)CC3)cc2)C(C)(C)C1Oc1ccc(C#N)c(Cl)c1. The van der Waals surface area contributed by atoms with E-state index in [1.54, 1.807) is 30.3 Å². The summed E-state index contributed by atoms with van der Waals surface area (Å²) in [7, 11) is 0. The summed E-state index contributed by atoms with van der Waals surface area (Å²) >= 11 is 6.25. The van der Waals surface area contributed by atoms with Crippen LogP contribution in [-0.2, 0) is 9.59 Å². The van der Waals surface area contributed by atoms with E-state index in [9.17, 15) is 29.2 Å². The third kappa shape index (κ3) is 6.79. The van der Waals surface area contributed by atoms with Crippen LogP contribution in [0.15, 0.2) is 60.7 Å². The first-order valence-electron chi connectivity index (χ1n) is 19.8. The average molecular weight is 791 g/mol. The lowest BCUT2D eigenvalue weighted by Crippen LogP contribution is -2.74. The highest BCUT2D eigenvalue weighted by Gasteiger charge is 2.64. The molecule has 0 bridgehead atoms. The summed E-state index contributed by atoms with van der Waals surface area (Å²) in [6.45, 7) is 11.8. The van der Waals surface area contributed by atoms with Crippen molar-refractivity contribution in [2.45, 2.75) is 78.0 Å². The molecule has 2 N–H and O–H groups in total. The lowest BCUT2D eigenvalue weighted by Gasteiger charge is -2.63. The number of amides is 5. The monoisotopic (exact) mass is 790 g/mol. The van der Waals surface area contributed by atoms with Crippen LogP contribution in [0.2, 0.25) is 5.02 Å². The highest BCUT2D eigenvalue weighted by molar-refractivity contribution is 6.31. The maximum atomic E-state index is 13.6. The molecule has 1 aliphatic carbocycles. The highest BCUT2D eigenvalue weighted by atomic mass is 35.5. The number of nitrogens with zero attached hydrogens (tertiary/aromatic N) is 4. The fraction of sp³-hybridized carbons (Fsp3) is 0.455. The molecule has 0 radical (unpaired) electrons. The Bertz CT molecular complexity index is 2180.